The van der Waals surface area contributed by atoms with E-state index >= 15 is 0 Å². The molecule has 0 bridgehead atoms. The Morgan fingerprint density at radius 2 is 2.11 bits per heavy atom. The molecule has 2 aliphatic rings. The first-order valence-electron chi connectivity index (χ1n) is 9.90. The van der Waals surface area contributed by atoms with E-state index in [-0.39, 0.29) is 0 Å². The molecular weight excluding hydrogens is 342 g/mol. The number of hydrogen-bond acceptors (Lipinski definition) is 7. The van der Waals surface area contributed by atoms with Gasteiger partial charge in [0.15, 0.2) is 0 Å². The molecule has 4 rings (SSSR count). The van der Waals surface area contributed by atoms with Gasteiger partial charge in [0, 0.05) is 44.6 Å². The van der Waals surface area contributed by atoms with E-state index < -0.39 is 0 Å². The van der Waals surface area contributed by atoms with Gasteiger partial charge in [-0.2, -0.15) is 10.1 Å². The second-order valence-corrected chi connectivity index (χ2v) is 7.41. The predicted octanol–water partition coefficient (Wildman–Crippen LogP) is 1.39. The van der Waals surface area contributed by atoms with Gasteiger partial charge in [0.25, 0.3) is 0 Å². The molecule has 0 amide bonds. The van der Waals surface area contributed by atoms with Gasteiger partial charge >= 0.3 is 0 Å². The minimum Gasteiger partial charge on any atom is -0.378 e. The van der Waals surface area contributed by atoms with E-state index in [0.29, 0.717) is 6.04 Å². The topological polar surface area (TPSA) is 71.3 Å². The molecule has 2 aromatic heterocycles. The highest BCUT2D eigenvalue weighted by Crippen LogP contribution is 2.17. The van der Waals surface area contributed by atoms with E-state index in [4.69, 9.17) is 9.72 Å². The number of nitrogens with zero attached hydrogens (tertiary/aromatic N) is 6. The number of rotatable bonds is 6. The van der Waals surface area contributed by atoms with Crippen molar-refractivity contribution in [3.05, 3.63) is 30.2 Å². The number of piperidine rings is 1. The maximum Gasteiger partial charge on any atom is 0.227 e. The smallest absolute Gasteiger partial charge is 0.227 e. The lowest BCUT2D eigenvalue weighted by molar-refractivity contribution is 0.122. The Morgan fingerprint density at radius 3 is 2.93 bits per heavy atom. The van der Waals surface area contributed by atoms with Crippen LogP contribution >= 0.6 is 0 Å². The molecular formula is C19H29N7O. The SMILES string of the molecule is Cc1cnn(CCN2CCCC(Nc3ccnc(N4CCOCC4)n3)C2)c1. The van der Waals surface area contributed by atoms with Crippen molar-refractivity contribution in [1.29, 1.82) is 0 Å². The molecule has 2 saturated heterocycles. The van der Waals surface area contributed by atoms with E-state index in [1.165, 1.54) is 18.4 Å². The lowest BCUT2D eigenvalue weighted by atomic mass is 10.1. The van der Waals surface area contributed by atoms with Gasteiger partial charge in [-0.15, -0.1) is 0 Å². The molecule has 146 valence electrons. The van der Waals surface area contributed by atoms with Crippen LogP contribution in [-0.2, 0) is 11.3 Å². The van der Waals surface area contributed by atoms with Crippen LogP contribution in [0.1, 0.15) is 18.4 Å². The monoisotopic (exact) mass is 371 g/mol. The highest BCUT2D eigenvalue weighted by Gasteiger charge is 2.21. The summed E-state index contributed by atoms with van der Waals surface area (Å²) in [5, 5.41) is 8.00. The largest absolute Gasteiger partial charge is 0.378 e. The summed E-state index contributed by atoms with van der Waals surface area (Å²) in [5.41, 5.74) is 1.22. The summed E-state index contributed by atoms with van der Waals surface area (Å²) in [6.07, 6.45) is 8.25. The molecule has 8 heteroatoms. The molecule has 4 heterocycles. The van der Waals surface area contributed by atoms with Crippen molar-refractivity contribution in [2.24, 2.45) is 0 Å². The van der Waals surface area contributed by atoms with Gasteiger partial charge in [0.05, 0.1) is 26.0 Å². The van der Waals surface area contributed by atoms with Crippen molar-refractivity contribution in [2.75, 3.05) is 56.2 Å². The Balaban J connectivity index is 1.31. The van der Waals surface area contributed by atoms with Crippen molar-refractivity contribution in [1.82, 2.24) is 24.6 Å². The molecule has 0 aliphatic carbocycles. The van der Waals surface area contributed by atoms with Crippen molar-refractivity contribution in [3.8, 4) is 0 Å². The van der Waals surface area contributed by atoms with E-state index in [9.17, 15) is 0 Å². The van der Waals surface area contributed by atoms with Crippen LogP contribution < -0.4 is 10.2 Å². The molecule has 0 saturated carbocycles. The van der Waals surface area contributed by atoms with Gasteiger partial charge in [-0.25, -0.2) is 4.98 Å². The summed E-state index contributed by atoms with van der Waals surface area (Å²) in [6, 6.07) is 2.39. The van der Waals surface area contributed by atoms with Crippen molar-refractivity contribution in [3.63, 3.8) is 0 Å². The first kappa shape index (κ1) is 18.2. The molecule has 2 aromatic rings. The number of likely N-dealkylation sites (tertiary alicyclic amines) is 1. The predicted molar refractivity (Wildman–Crippen MR) is 105 cm³/mol. The first-order valence-corrected chi connectivity index (χ1v) is 9.90. The van der Waals surface area contributed by atoms with Crippen LogP contribution in [0.25, 0.3) is 0 Å². The molecule has 0 spiro atoms. The molecule has 2 fully saturated rings. The summed E-state index contributed by atoms with van der Waals surface area (Å²) in [6.45, 7) is 9.44. The third kappa shape index (κ3) is 4.95. The van der Waals surface area contributed by atoms with Crippen LogP contribution in [0, 0.1) is 6.92 Å². The number of aryl methyl sites for hydroxylation is 1. The summed E-state index contributed by atoms with van der Waals surface area (Å²) >= 11 is 0. The molecule has 2 aliphatic heterocycles. The Hall–Kier alpha value is -2.19. The van der Waals surface area contributed by atoms with E-state index in [1.54, 1.807) is 0 Å². The van der Waals surface area contributed by atoms with Crippen LogP contribution in [0.4, 0.5) is 11.8 Å². The van der Waals surface area contributed by atoms with E-state index in [2.05, 4.69) is 38.3 Å². The second kappa shape index (κ2) is 8.67. The average molecular weight is 371 g/mol. The van der Waals surface area contributed by atoms with Crippen LogP contribution in [0.3, 0.4) is 0 Å². The molecule has 1 N–H and O–H groups in total. The number of morpholine rings is 1. The van der Waals surface area contributed by atoms with Gasteiger partial charge in [0.1, 0.15) is 5.82 Å². The third-order valence-corrected chi connectivity index (χ3v) is 5.20. The molecule has 0 aromatic carbocycles. The van der Waals surface area contributed by atoms with E-state index in [1.807, 2.05) is 23.1 Å². The van der Waals surface area contributed by atoms with Crippen molar-refractivity contribution in [2.45, 2.75) is 32.4 Å². The lowest BCUT2D eigenvalue weighted by Gasteiger charge is -2.33. The summed E-state index contributed by atoms with van der Waals surface area (Å²) in [5.74, 6) is 1.71. The highest BCUT2D eigenvalue weighted by molar-refractivity contribution is 5.42. The Bertz CT molecular complexity index is 728. The van der Waals surface area contributed by atoms with Crippen LogP contribution in [0.2, 0.25) is 0 Å². The maximum absolute atomic E-state index is 5.42. The summed E-state index contributed by atoms with van der Waals surface area (Å²) in [4.78, 5) is 13.9. The molecule has 1 atom stereocenters. The molecule has 1 unspecified atom stereocenters. The van der Waals surface area contributed by atoms with Crippen LogP contribution in [0.5, 0.6) is 0 Å². The zero-order valence-electron chi connectivity index (χ0n) is 16.0. The number of nitrogens with one attached hydrogen (secondary N) is 1. The van der Waals surface area contributed by atoms with Crippen LogP contribution in [0.15, 0.2) is 24.7 Å². The van der Waals surface area contributed by atoms with Gasteiger partial charge in [-0.3, -0.25) is 9.58 Å². The standard InChI is InChI=1S/C19H29N7O/c1-16-13-21-26(14-16)8-7-24-6-2-3-17(15-24)22-18-4-5-20-19(23-18)25-9-11-27-12-10-25/h4-5,13-14,17H,2-3,6-12,15H2,1H3,(H,20,22,23). The zero-order chi connectivity index (χ0) is 18.5. The van der Waals surface area contributed by atoms with Gasteiger partial charge < -0.3 is 15.0 Å². The Kier molecular flexibility index (Phi) is 5.84. The summed E-state index contributed by atoms with van der Waals surface area (Å²) in [7, 11) is 0. The minimum absolute atomic E-state index is 0.422. The Labute approximate surface area is 160 Å². The van der Waals surface area contributed by atoms with Crippen molar-refractivity contribution >= 4 is 11.8 Å². The van der Waals surface area contributed by atoms with E-state index in [0.717, 1.165) is 64.2 Å². The molecule has 8 nitrogen and oxygen atoms in total. The fraction of sp³-hybridized carbons (Fsp3) is 0.632. The quantitative estimate of drug-likeness (QED) is 0.823. The summed E-state index contributed by atoms with van der Waals surface area (Å²) < 4.78 is 7.45. The average Bonchev–Trinajstić information content (AvgIpc) is 3.13. The number of aromatic nitrogens is 4. The fourth-order valence-corrected chi connectivity index (χ4v) is 3.76. The molecule has 27 heavy (non-hydrogen) atoms. The fourth-order valence-electron chi connectivity index (χ4n) is 3.76. The van der Waals surface area contributed by atoms with Crippen molar-refractivity contribution < 1.29 is 4.74 Å². The first-order chi connectivity index (χ1) is 13.3. The third-order valence-electron chi connectivity index (χ3n) is 5.20. The van der Waals surface area contributed by atoms with Gasteiger partial charge in [0.2, 0.25) is 5.95 Å². The number of hydrogen-bond donors (Lipinski definition) is 1. The maximum atomic E-state index is 5.42. The zero-order valence-corrected chi connectivity index (χ0v) is 16.0. The highest BCUT2D eigenvalue weighted by atomic mass is 16.5. The molecule has 0 radical (unpaired) electrons. The van der Waals surface area contributed by atoms with Crippen LogP contribution in [-0.4, -0.2) is 76.6 Å². The number of ether oxygens (including phenoxy) is 1. The van der Waals surface area contributed by atoms with Gasteiger partial charge in [-0.05, 0) is 37.9 Å². The lowest BCUT2D eigenvalue weighted by Crippen LogP contribution is -2.43. The normalized spacial score (nSPS) is 21.4. The number of anilines is 2. The second-order valence-electron chi connectivity index (χ2n) is 7.41. The van der Waals surface area contributed by atoms with Gasteiger partial charge in [-0.1, -0.05) is 0 Å². The minimum atomic E-state index is 0.422. The Morgan fingerprint density at radius 1 is 1.22 bits per heavy atom.